The second-order valence-corrected chi connectivity index (χ2v) is 6.11. The molecule has 0 atom stereocenters. The first kappa shape index (κ1) is 15.6. The highest BCUT2D eigenvalue weighted by atomic mass is 32.2. The highest BCUT2D eigenvalue weighted by molar-refractivity contribution is 7.86. The summed E-state index contributed by atoms with van der Waals surface area (Å²) in [6.45, 7) is -0.0852. The molecule has 1 heterocycles. The zero-order chi connectivity index (χ0) is 15.8. The van der Waals surface area contributed by atoms with Crippen LogP contribution in [0.4, 0.5) is 14.5 Å². The van der Waals surface area contributed by atoms with Crippen molar-refractivity contribution in [3.63, 3.8) is 0 Å². The zero-order valence-corrected chi connectivity index (χ0v) is 11.7. The van der Waals surface area contributed by atoms with Crippen LogP contribution in [0.25, 0.3) is 0 Å². The zero-order valence-electron chi connectivity index (χ0n) is 10.9. The van der Waals surface area contributed by atoms with E-state index in [1.807, 2.05) is 0 Å². The fourth-order valence-electron chi connectivity index (χ4n) is 2.07. The summed E-state index contributed by atoms with van der Waals surface area (Å²) in [7, 11) is -3.84. The molecule has 1 aliphatic heterocycles. The molecule has 7 nitrogen and oxygen atoms in total. The number of carbonyl (C=O) groups is 1. The number of piperazine rings is 1. The molecule has 1 aromatic rings. The molecule has 1 fully saturated rings. The van der Waals surface area contributed by atoms with Gasteiger partial charge in [0.2, 0.25) is 0 Å². The van der Waals surface area contributed by atoms with Gasteiger partial charge in [-0.15, -0.1) is 0 Å². The number of nitrogen functional groups attached to an aromatic ring is 1. The van der Waals surface area contributed by atoms with E-state index < -0.39 is 33.3 Å². The summed E-state index contributed by atoms with van der Waals surface area (Å²) in [5, 5.41) is 4.97. The van der Waals surface area contributed by atoms with Crippen molar-refractivity contribution in [3.05, 3.63) is 29.3 Å². The molecule has 0 unspecified atom stereocenters. The van der Waals surface area contributed by atoms with E-state index in [1.165, 1.54) is 0 Å². The number of rotatable bonds is 2. The van der Waals surface area contributed by atoms with Crippen LogP contribution in [0.3, 0.4) is 0 Å². The average Bonchev–Trinajstić information content (AvgIpc) is 2.42. The summed E-state index contributed by atoms with van der Waals surface area (Å²) in [5.74, 6) is -3.00. The van der Waals surface area contributed by atoms with Crippen molar-refractivity contribution >= 4 is 21.8 Å². The van der Waals surface area contributed by atoms with E-state index in [0.717, 1.165) is 21.3 Å². The monoisotopic (exact) mass is 320 g/mol. The highest BCUT2D eigenvalue weighted by Gasteiger charge is 2.30. The van der Waals surface area contributed by atoms with Gasteiger partial charge in [-0.3, -0.25) is 4.79 Å². The van der Waals surface area contributed by atoms with Gasteiger partial charge in [0.25, 0.3) is 16.1 Å². The Kier molecular flexibility index (Phi) is 4.12. The van der Waals surface area contributed by atoms with Crippen molar-refractivity contribution in [1.82, 2.24) is 9.21 Å². The van der Waals surface area contributed by atoms with E-state index in [1.54, 1.807) is 0 Å². The maximum Gasteiger partial charge on any atom is 0.277 e. The summed E-state index contributed by atoms with van der Waals surface area (Å²) in [4.78, 5) is 13.3. The van der Waals surface area contributed by atoms with E-state index in [-0.39, 0.29) is 31.9 Å². The first-order chi connectivity index (χ1) is 9.71. The lowest BCUT2D eigenvalue weighted by atomic mass is 10.1. The van der Waals surface area contributed by atoms with Crippen LogP contribution in [0.15, 0.2) is 12.1 Å². The van der Waals surface area contributed by atoms with Crippen LogP contribution in [-0.2, 0) is 10.2 Å². The molecule has 2 rings (SSSR count). The molecule has 1 amide bonds. The molecular weight excluding hydrogens is 306 g/mol. The number of hydrogen-bond donors (Lipinski definition) is 2. The van der Waals surface area contributed by atoms with Gasteiger partial charge in [-0.2, -0.15) is 12.7 Å². The van der Waals surface area contributed by atoms with Crippen molar-refractivity contribution in [2.45, 2.75) is 0 Å². The number of benzene rings is 1. The fraction of sp³-hybridized carbons (Fsp3) is 0.364. The van der Waals surface area contributed by atoms with Crippen molar-refractivity contribution in [3.8, 4) is 0 Å². The number of hydrogen-bond acceptors (Lipinski definition) is 4. The topological polar surface area (TPSA) is 110 Å². The molecule has 0 spiro atoms. The van der Waals surface area contributed by atoms with Gasteiger partial charge in [0.15, 0.2) is 5.82 Å². The summed E-state index contributed by atoms with van der Waals surface area (Å²) in [5.41, 5.74) is 4.25. The number of nitrogens with zero attached hydrogens (tertiary/aromatic N) is 2. The SMILES string of the molecule is Nc1ccc(F)c(C(=O)N2CCN(S(N)(=O)=O)CC2)c1F. The third kappa shape index (κ3) is 3.12. The summed E-state index contributed by atoms with van der Waals surface area (Å²) >= 11 is 0. The van der Waals surface area contributed by atoms with Gasteiger partial charge in [0.1, 0.15) is 11.4 Å². The predicted molar refractivity (Wildman–Crippen MR) is 71.4 cm³/mol. The Balaban J connectivity index is 2.19. The van der Waals surface area contributed by atoms with E-state index >= 15 is 0 Å². The van der Waals surface area contributed by atoms with Gasteiger partial charge in [0.05, 0.1) is 5.69 Å². The van der Waals surface area contributed by atoms with Crippen LogP contribution in [0.1, 0.15) is 10.4 Å². The standard InChI is InChI=1S/C11H14F2N4O3S/c12-7-1-2-8(14)10(13)9(7)11(18)16-3-5-17(6-4-16)21(15,19)20/h1-2H,3-6,14H2,(H2,15,19,20). The first-order valence-corrected chi connectivity index (χ1v) is 7.52. The number of carbonyl (C=O) groups excluding carboxylic acids is 1. The molecule has 1 saturated heterocycles. The Morgan fingerprint density at radius 3 is 2.24 bits per heavy atom. The number of amides is 1. The van der Waals surface area contributed by atoms with Crippen molar-refractivity contribution in [2.75, 3.05) is 31.9 Å². The number of anilines is 1. The molecule has 0 bridgehead atoms. The Labute approximate surface area is 120 Å². The largest absolute Gasteiger partial charge is 0.396 e. The summed E-state index contributed by atoms with van der Waals surface area (Å²) < 4.78 is 50.7. The molecule has 0 saturated carbocycles. The maximum absolute atomic E-state index is 13.8. The van der Waals surface area contributed by atoms with Gasteiger partial charge >= 0.3 is 0 Å². The Morgan fingerprint density at radius 2 is 1.71 bits per heavy atom. The fourth-order valence-corrected chi connectivity index (χ4v) is 2.74. The van der Waals surface area contributed by atoms with Gasteiger partial charge in [0, 0.05) is 26.2 Å². The van der Waals surface area contributed by atoms with Gasteiger partial charge in [-0.05, 0) is 12.1 Å². The molecule has 116 valence electrons. The average molecular weight is 320 g/mol. The third-order valence-corrected chi connectivity index (χ3v) is 4.31. The van der Waals surface area contributed by atoms with E-state index in [2.05, 4.69) is 0 Å². The molecule has 1 aliphatic rings. The molecule has 0 radical (unpaired) electrons. The highest BCUT2D eigenvalue weighted by Crippen LogP contribution is 2.21. The van der Waals surface area contributed by atoms with Crippen LogP contribution in [0.5, 0.6) is 0 Å². The van der Waals surface area contributed by atoms with Crippen molar-refractivity contribution < 1.29 is 22.0 Å². The normalized spacial score (nSPS) is 17.0. The van der Waals surface area contributed by atoms with Gasteiger partial charge in [-0.25, -0.2) is 13.9 Å². The molecule has 10 heteroatoms. The van der Waals surface area contributed by atoms with Crippen LogP contribution in [0.2, 0.25) is 0 Å². The minimum Gasteiger partial charge on any atom is -0.396 e. The second-order valence-electron chi connectivity index (χ2n) is 4.56. The van der Waals surface area contributed by atoms with Gasteiger partial charge in [-0.1, -0.05) is 0 Å². The molecule has 1 aromatic carbocycles. The first-order valence-electron chi connectivity index (χ1n) is 6.02. The van der Waals surface area contributed by atoms with Crippen LogP contribution < -0.4 is 10.9 Å². The Hall–Kier alpha value is -1.78. The minimum atomic E-state index is -3.84. The van der Waals surface area contributed by atoms with Crippen LogP contribution in [-0.4, -0.2) is 49.7 Å². The van der Waals surface area contributed by atoms with Crippen molar-refractivity contribution in [1.29, 1.82) is 0 Å². The van der Waals surface area contributed by atoms with E-state index in [9.17, 15) is 22.0 Å². The third-order valence-electron chi connectivity index (χ3n) is 3.22. The lowest BCUT2D eigenvalue weighted by Gasteiger charge is -2.33. The second kappa shape index (κ2) is 5.54. The maximum atomic E-state index is 13.8. The Morgan fingerprint density at radius 1 is 1.14 bits per heavy atom. The predicted octanol–water partition coefficient (Wildman–Crippen LogP) is -0.492. The van der Waals surface area contributed by atoms with E-state index in [0.29, 0.717) is 0 Å². The van der Waals surface area contributed by atoms with Crippen LogP contribution in [0, 0.1) is 11.6 Å². The van der Waals surface area contributed by atoms with E-state index in [4.69, 9.17) is 10.9 Å². The van der Waals surface area contributed by atoms with Gasteiger partial charge < -0.3 is 10.6 Å². The summed E-state index contributed by atoms with van der Waals surface area (Å²) in [6.07, 6.45) is 0. The lowest BCUT2D eigenvalue weighted by molar-refractivity contribution is 0.0688. The van der Waals surface area contributed by atoms with Crippen LogP contribution >= 0.6 is 0 Å². The minimum absolute atomic E-state index is 0.0110. The lowest BCUT2D eigenvalue weighted by Crippen LogP contribution is -2.52. The quantitative estimate of drug-likeness (QED) is 0.716. The Bertz CT molecular complexity index is 672. The molecular formula is C11H14F2N4O3S. The number of halogens is 2. The molecule has 4 N–H and O–H groups in total. The molecule has 0 aromatic heterocycles. The molecule has 21 heavy (non-hydrogen) atoms. The summed E-state index contributed by atoms with van der Waals surface area (Å²) in [6, 6.07) is 1.94. The van der Waals surface area contributed by atoms with Crippen molar-refractivity contribution in [2.24, 2.45) is 5.14 Å². The number of nitrogens with two attached hydrogens (primary N) is 2. The molecule has 0 aliphatic carbocycles. The smallest absolute Gasteiger partial charge is 0.277 e.